The number of nitrogens with zero attached hydrogens (tertiary/aromatic N) is 3. The van der Waals surface area contributed by atoms with E-state index < -0.39 is 15.8 Å². The molecule has 1 rings (SSSR count). The number of aliphatic imine (C=N–C) groups is 1. The molecule has 0 fully saturated rings. The smallest absolute Gasteiger partial charge is 0.337 e. The van der Waals surface area contributed by atoms with Gasteiger partial charge in [0.2, 0.25) is 6.19 Å². The lowest BCUT2D eigenvalue weighted by Crippen LogP contribution is -2.25. The molecule has 9 heteroatoms. The number of carboxylic acids is 1. The minimum atomic E-state index is -3.59. The zero-order chi connectivity index (χ0) is 17.1. The van der Waals surface area contributed by atoms with Gasteiger partial charge in [-0.05, 0) is 19.1 Å². The van der Waals surface area contributed by atoms with E-state index in [1.807, 2.05) is 0 Å². The van der Waals surface area contributed by atoms with Crippen LogP contribution in [-0.2, 0) is 16.4 Å². The van der Waals surface area contributed by atoms with Crippen LogP contribution in [0, 0.1) is 11.5 Å². The second-order valence-electron chi connectivity index (χ2n) is 4.60. The van der Waals surface area contributed by atoms with E-state index in [-0.39, 0.29) is 27.6 Å². The number of carbonyl (C=O) groups is 1. The molecule has 1 aromatic rings. The summed E-state index contributed by atoms with van der Waals surface area (Å²) in [5.74, 6) is -0.907. The summed E-state index contributed by atoms with van der Waals surface area (Å²) in [6.07, 6.45) is 2.64. The number of halogens is 1. The van der Waals surface area contributed by atoms with Crippen molar-refractivity contribution in [3.05, 3.63) is 28.3 Å². The van der Waals surface area contributed by atoms with E-state index in [0.717, 1.165) is 12.3 Å². The third-order valence-corrected chi connectivity index (χ3v) is 4.60. The highest BCUT2D eigenvalue weighted by Crippen LogP contribution is 2.29. The van der Waals surface area contributed by atoms with Crippen LogP contribution in [-0.4, -0.2) is 43.5 Å². The summed E-state index contributed by atoms with van der Waals surface area (Å²) in [4.78, 5) is 16.1. The number of benzene rings is 1. The molecule has 0 radical (unpaired) electrons. The minimum Gasteiger partial charge on any atom is -0.478 e. The first-order valence-corrected chi connectivity index (χ1v) is 8.25. The lowest BCUT2D eigenvalue weighted by atomic mass is 10.1. The van der Waals surface area contributed by atoms with Crippen LogP contribution in [0.3, 0.4) is 0 Å². The first-order valence-electron chi connectivity index (χ1n) is 5.98. The van der Waals surface area contributed by atoms with Gasteiger partial charge in [-0.25, -0.2) is 13.2 Å². The second kappa shape index (κ2) is 6.77. The van der Waals surface area contributed by atoms with Gasteiger partial charge in [0.25, 0.3) is 0 Å². The van der Waals surface area contributed by atoms with Crippen LogP contribution >= 0.6 is 11.6 Å². The molecule has 0 unspecified atom stereocenters. The highest BCUT2D eigenvalue weighted by molar-refractivity contribution is 7.90. The van der Waals surface area contributed by atoms with E-state index in [4.69, 9.17) is 22.0 Å². The van der Waals surface area contributed by atoms with Gasteiger partial charge in [0.1, 0.15) is 5.84 Å². The van der Waals surface area contributed by atoms with Crippen molar-refractivity contribution in [2.24, 2.45) is 4.99 Å². The van der Waals surface area contributed by atoms with Gasteiger partial charge in [-0.3, -0.25) is 0 Å². The second-order valence-corrected chi connectivity index (χ2v) is 6.96. The topological polar surface area (TPSA) is 111 Å². The third kappa shape index (κ3) is 3.96. The van der Waals surface area contributed by atoms with E-state index in [1.54, 1.807) is 20.2 Å². The molecule has 1 N–H and O–H groups in total. The molecule has 0 aliphatic heterocycles. The summed E-state index contributed by atoms with van der Waals surface area (Å²) < 4.78 is 23.7. The number of aromatic carboxylic acids is 1. The number of amidine groups is 1. The fourth-order valence-corrected chi connectivity index (χ4v) is 3.06. The molecule has 0 aromatic heterocycles. The zero-order valence-electron chi connectivity index (χ0n) is 12.2. The molecule has 0 bridgehead atoms. The number of nitriles is 1. The zero-order valence-corrected chi connectivity index (χ0v) is 13.7. The van der Waals surface area contributed by atoms with E-state index in [2.05, 4.69) is 4.99 Å². The van der Waals surface area contributed by atoms with E-state index >= 15 is 0 Å². The van der Waals surface area contributed by atoms with Crippen molar-refractivity contribution in [3.8, 4) is 6.19 Å². The molecule has 0 aliphatic carbocycles. The van der Waals surface area contributed by atoms with Crippen LogP contribution in [0.5, 0.6) is 0 Å². The molecule has 7 nitrogen and oxygen atoms in total. The summed E-state index contributed by atoms with van der Waals surface area (Å²) in [7, 11) is -2.00. The fraction of sp³-hybridized carbons (Fsp3) is 0.308. The number of hydrogen-bond acceptors (Lipinski definition) is 5. The maximum Gasteiger partial charge on any atom is 0.337 e. The average Bonchev–Trinajstić information content (AvgIpc) is 2.39. The van der Waals surface area contributed by atoms with Gasteiger partial charge >= 0.3 is 5.97 Å². The van der Waals surface area contributed by atoms with Crippen LogP contribution in [0.15, 0.2) is 22.0 Å². The van der Waals surface area contributed by atoms with Crippen molar-refractivity contribution in [2.45, 2.75) is 18.4 Å². The molecule has 118 valence electrons. The van der Waals surface area contributed by atoms with E-state index in [9.17, 15) is 13.2 Å². The van der Waals surface area contributed by atoms with Gasteiger partial charge in [-0.2, -0.15) is 10.3 Å². The maximum absolute atomic E-state index is 11.9. The Bertz CT molecular complexity index is 781. The monoisotopic (exact) mass is 343 g/mol. The molecular formula is C13H14ClN3O4S. The number of sulfone groups is 1. The molecule has 0 aliphatic rings. The molecule has 0 saturated carbocycles. The van der Waals surface area contributed by atoms with Crippen molar-refractivity contribution < 1.29 is 18.3 Å². The fourth-order valence-electron chi connectivity index (χ4n) is 1.77. The minimum absolute atomic E-state index is 0.000625. The Labute approximate surface area is 133 Å². The van der Waals surface area contributed by atoms with Gasteiger partial charge in [0, 0.05) is 25.4 Å². The highest BCUT2D eigenvalue weighted by Gasteiger charge is 2.22. The molecular weight excluding hydrogens is 330 g/mol. The SMILES string of the molecule is CC(=NC#N)N(C)Cc1c(S(C)(=O)=O)ccc(C(=O)O)c1Cl. The molecule has 0 saturated heterocycles. The van der Waals surface area contributed by atoms with Crippen molar-refractivity contribution in [3.63, 3.8) is 0 Å². The van der Waals surface area contributed by atoms with Crippen LogP contribution in [0.25, 0.3) is 0 Å². The first kappa shape index (κ1) is 17.9. The highest BCUT2D eigenvalue weighted by atomic mass is 35.5. The lowest BCUT2D eigenvalue weighted by Gasteiger charge is -2.21. The molecule has 0 amide bonds. The molecule has 0 spiro atoms. The van der Waals surface area contributed by atoms with Crippen molar-refractivity contribution in [2.75, 3.05) is 13.3 Å². The van der Waals surface area contributed by atoms with Crippen LogP contribution in [0.4, 0.5) is 0 Å². The Balaban J connectivity index is 3.49. The van der Waals surface area contributed by atoms with Crippen LogP contribution < -0.4 is 0 Å². The predicted molar refractivity (Wildman–Crippen MR) is 81.7 cm³/mol. The standard InChI is InChI=1S/C13H14ClN3O4S/c1-8(16-7-15)17(2)6-10-11(22(3,20)21)5-4-9(12(10)14)13(18)19/h4-5H,6H2,1-3H3,(H,18,19). The number of hydrogen-bond donors (Lipinski definition) is 1. The van der Waals surface area contributed by atoms with Gasteiger partial charge in [0.15, 0.2) is 9.84 Å². The largest absolute Gasteiger partial charge is 0.478 e. The molecule has 1 aromatic carbocycles. The normalized spacial score (nSPS) is 11.9. The van der Waals surface area contributed by atoms with Gasteiger partial charge in [-0.1, -0.05) is 11.6 Å². The Hall–Kier alpha value is -2.11. The van der Waals surface area contributed by atoms with Gasteiger partial charge in [0.05, 0.1) is 15.5 Å². The first-order chi connectivity index (χ1) is 10.1. The van der Waals surface area contributed by atoms with E-state index in [1.165, 1.54) is 11.0 Å². The Morgan fingerprint density at radius 3 is 2.55 bits per heavy atom. The summed E-state index contributed by atoms with van der Waals surface area (Å²) in [6, 6.07) is 2.37. The van der Waals surface area contributed by atoms with Crippen molar-refractivity contribution in [1.82, 2.24) is 4.90 Å². The summed E-state index contributed by atoms with van der Waals surface area (Å²) >= 11 is 6.06. The van der Waals surface area contributed by atoms with Crippen molar-refractivity contribution in [1.29, 1.82) is 5.26 Å². The van der Waals surface area contributed by atoms with Crippen LogP contribution in [0.2, 0.25) is 5.02 Å². The quantitative estimate of drug-likeness (QED) is 0.506. The van der Waals surface area contributed by atoms with E-state index in [0.29, 0.717) is 5.84 Å². The lowest BCUT2D eigenvalue weighted by molar-refractivity contribution is 0.0696. The Kier molecular flexibility index (Phi) is 5.52. The Morgan fingerprint density at radius 2 is 2.09 bits per heavy atom. The average molecular weight is 344 g/mol. The molecule has 0 heterocycles. The predicted octanol–water partition coefficient (Wildman–Crippen LogP) is 1.77. The summed E-state index contributed by atoms with van der Waals surface area (Å²) in [5.41, 5.74) is -0.0357. The molecule has 0 atom stereocenters. The molecule has 22 heavy (non-hydrogen) atoms. The third-order valence-electron chi connectivity index (χ3n) is 2.99. The van der Waals surface area contributed by atoms with Crippen molar-refractivity contribution >= 4 is 33.2 Å². The van der Waals surface area contributed by atoms with Crippen LogP contribution in [0.1, 0.15) is 22.8 Å². The number of rotatable bonds is 4. The Morgan fingerprint density at radius 1 is 1.50 bits per heavy atom. The number of carboxylic acid groups (broad SMARTS) is 1. The van der Waals surface area contributed by atoms with Gasteiger partial charge in [-0.15, -0.1) is 0 Å². The van der Waals surface area contributed by atoms with Gasteiger partial charge < -0.3 is 10.0 Å². The summed E-state index contributed by atoms with van der Waals surface area (Å²) in [5, 5.41) is 17.5. The summed E-state index contributed by atoms with van der Waals surface area (Å²) in [6.45, 7) is 1.57. The maximum atomic E-state index is 11.9.